The first-order chi connectivity index (χ1) is 8.76. The van der Waals surface area contributed by atoms with Crippen LogP contribution >= 0.6 is 0 Å². The molecule has 18 heavy (non-hydrogen) atoms. The third-order valence-electron chi connectivity index (χ3n) is 2.06. The molecule has 0 fully saturated rings. The van der Waals surface area contributed by atoms with Gasteiger partial charge < -0.3 is 10.6 Å². The number of benzene rings is 1. The van der Waals surface area contributed by atoms with Crippen LogP contribution in [0, 0.1) is 5.41 Å². The molecule has 0 radical (unpaired) electrons. The first-order valence-electron chi connectivity index (χ1n) is 5.55. The molecule has 0 saturated carbocycles. The van der Waals surface area contributed by atoms with Crippen molar-refractivity contribution < 1.29 is 0 Å². The molecule has 0 aliphatic carbocycles. The molecular weight excluding hydrogens is 222 g/mol. The zero-order chi connectivity index (χ0) is 13.2. The molecule has 0 atom stereocenters. The van der Waals surface area contributed by atoms with Gasteiger partial charge in [0.05, 0.1) is 0 Å². The standard InChI is InChI=1S/C15H17N3/c1-3-5-7-10-13(4-2)17-15(16)18-14-11-8-6-9-12-14/h3-12H,1-2H2,(H3,16,17,18)/b7-5-,13-10+. The fourth-order valence-electron chi connectivity index (χ4n) is 1.24. The summed E-state index contributed by atoms with van der Waals surface area (Å²) in [5, 5.41) is 13.6. The van der Waals surface area contributed by atoms with E-state index in [2.05, 4.69) is 23.8 Å². The predicted molar refractivity (Wildman–Crippen MR) is 78.5 cm³/mol. The van der Waals surface area contributed by atoms with Gasteiger partial charge in [-0.05, 0) is 24.3 Å². The monoisotopic (exact) mass is 239 g/mol. The normalized spacial score (nSPS) is 11.0. The average Bonchev–Trinajstić information content (AvgIpc) is 2.39. The van der Waals surface area contributed by atoms with Crippen LogP contribution in [-0.4, -0.2) is 5.96 Å². The van der Waals surface area contributed by atoms with Crippen LogP contribution in [0.3, 0.4) is 0 Å². The number of anilines is 1. The van der Waals surface area contributed by atoms with E-state index in [1.165, 1.54) is 0 Å². The van der Waals surface area contributed by atoms with Crippen LogP contribution < -0.4 is 10.6 Å². The molecule has 3 N–H and O–H groups in total. The Labute approximate surface area is 108 Å². The number of para-hydroxylation sites is 1. The highest BCUT2D eigenvalue weighted by atomic mass is 15.1. The minimum Gasteiger partial charge on any atom is -0.326 e. The van der Waals surface area contributed by atoms with Gasteiger partial charge in [0.2, 0.25) is 0 Å². The maximum Gasteiger partial charge on any atom is 0.197 e. The first-order valence-corrected chi connectivity index (χ1v) is 5.55. The summed E-state index contributed by atoms with van der Waals surface area (Å²) in [6, 6.07) is 9.53. The van der Waals surface area contributed by atoms with Crippen molar-refractivity contribution in [2.45, 2.75) is 0 Å². The van der Waals surface area contributed by atoms with E-state index in [1.54, 1.807) is 18.2 Å². The Morgan fingerprint density at radius 3 is 2.44 bits per heavy atom. The lowest BCUT2D eigenvalue weighted by Crippen LogP contribution is -2.28. The maximum atomic E-state index is 7.79. The molecule has 1 aromatic rings. The van der Waals surface area contributed by atoms with Crippen molar-refractivity contribution in [3.8, 4) is 0 Å². The van der Waals surface area contributed by atoms with Crippen molar-refractivity contribution in [3.63, 3.8) is 0 Å². The van der Waals surface area contributed by atoms with Crippen molar-refractivity contribution in [2.75, 3.05) is 5.32 Å². The van der Waals surface area contributed by atoms with Crippen LogP contribution in [0.15, 0.2) is 79.6 Å². The number of hydrogen-bond acceptors (Lipinski definition) is 1. The van der Waals surface area contributed by atoms with Crippen LogP contribution in [0.2, 0.25) is 0 Å². The Kier molecular flexibility index (Phi) is 5.77. The summed E-state index contributed by atoms with van der Waals surface area (Å²) < 4.78 is 0. The lowest BCUT2D eigenvalue weighted by molar-refractivity contribution is 1.14. The summed E-state index contributed by atoms with van der Waals surface area (Å²) in [7, 11) is 0. The quantitative estimate of drug-likeness (QED) is 0.419. The highest BCUT2D eigenvalue weighted by Crippen LogP contribution is 2.04. The third-order valence-corrected chi connectivity index (χ3v) is 2.06. The van der Waals surface area contributed by atoms with E-state index >= 15 is 0 Å². The second kappa shape index (κ2) is 7.68. The molecular formula is C15H17N3. The molecule has 0 bridgehead atoms. The number of hydrogen-bond donors (Lipinski definition) is 3. The van der Waals surface area contributed by atoms with Gasteiger partial charge in [0.1, 0.15) is 0 Å². The van der Waals surface area contributed by atoms with E-state index in [4.69, 9.17) is 5.41 Å². The molecule has 0 aromatic heterocycles. The molecule has 0 unspecified atom stereocenters. The minimum absolute atomic E-state index is 0.194. The van der Waals surface area contributed by atoms with E-state index < -0.39 is 0 Å². The van der Waals surface area contributed by atoms with Crippen LogP contribution in [0.4, 0.5) is 5.69 Å². The fourth-order valence-corrected chi connectivity index (χ4v) is 1.24. The van der Waals surface area contributed by atoms with Gasteiger partial charge in [-0.2, -0.15) is 0 Å². The van der Waals surface area contributed by atoms with Crippen molar-refractivity contribution in [3.05, 3.63) is 79.6 Å². The molecule has 0 amide bonds. The smallest absolute Gasteiger partial charge is 0.197 e. The molecule has 3 nitrogen and oxygen atoms in total. The molecule has 0 aliphatic heterocycles. The summed E-state index contributed by atoms with van der Waals surface area (Å²) in [5.41, 5.74) is 1.60. The van der Waals surface area contributed by atoms with Crippen molar-refractivity contribution in [2.24, 2.45) is 0 Å². The maximum absolute atomic E-state index is 7.79. The van der Waals surface area contributed by atoms with Crippen LogP contribution in [-0.2, 0) is 0 Å². The highest BCUT2D eigenvalue weighted by molar-refractivity contribution is 5.92. The van der Waals surface area contributed by atoms with Gasteiger partial charge in [-0.25, -0.2) is 0 Å². The Morgan fingerprint density at radius 2 is 1.83 bits per heavy atom. The van der Waals surface area contributed by atoms with E-state index in [0.717, 1.165) is 11.4 Å². The predicted octanol–water partition coefficient (Wildman–Crippen LogP) is 3.43. The molecule has 92 valence electrons. The van der Waals surface area contributed by atoms with Crippen LogP contribution in [0.5, 0.6) is 0 Å². The number of nitrogens with one attached hydrogen (secondary N) is 3. The van der Waals surface area contributed by atoms with E-state index in [1.807, 2.05) is 42.5 Å². The van der Waals surface area contributed by atoms with Gasteiger partial charge >= 0.3 is 0 Å². The SMILES string of the molecule is C=C/C=C\C=C(/C=C)NC(=N)Nc1ccccc1. The number of allylic oxidation sites excluding steroid dienone is 5. The lowest BCUT2D eigenvalue weighted by atomic mass is 10.3. The Bertz CT molecular complexity index is 470. The summed E-state index contributed by atoms with van der Waals surface area (Å²) in [4.78, 5) is 0. The zero-order valence-corrected chi connectivity index (χ0v) is 10.2. The van der Waals surface area contributed by atoms with Gasteiger partial charge in [-0.1, -0.05) is 49.6 Å². The molecule has 0 aliphatic rings. The second-order valence-electron chi connectivity index (χ2n) is 3.44. The lowest BCUT2D eigenvalue weighted by Gasteiger charge is -2.10. The fraction of sp³-hybridized carbons (Fsp3) is 0. The van der Waals surface area contributed by atoms with Gasteiger partial charge in [-0.15, -0.1) is 0 Å². The topological polar surface area (TPSA) is 47.9 Å². The Balaban J connectivity index is 2.58. The van der Waals surface area contributed by atoms with E-state index in [9.17, 15) is 0 Å². The van der Waals surface area contributed by atoms with Crippen LogP contribution in [0.1, 0.15) is 0 Å². The third kappa shape index (κ3) is 4.99. The number of rotatable bonds is 5. The van der Waals surface area contributed by atoms with E-state index in [0.29, 0.717) is 0 Å². The summed E-state index contributed by atoms with van der Waals surface area (Å²) in [6.45, 7) is 7.27. The Morgan fingerprint density at radius 1 is 1.11 bits per heavy atom. The molecule has 3 heteroatoms. The first kappa shape index (κ1) is 13.5. The van der Waals surface area contributed by atoms with Crippen LogP contribution in [0.25, 0.3) is 0 Å². The summed E-state index contributed by atoms with van der Waals surface area (Å²) in [6.07, 6.45) is 8.78. The summed E-state index contributed by atoms with van der Waals surface area (Å²) in [5.74, 6) is 0.194. The highest BCUT2D eigenvalue weighted by Gasteiger charge is 1.97. The average molecular weight is 239 g/mol. The minimum atomic E-state index is 0.194. The second-order valence-corrected chi connectivity index (χ2v) is 3.44. The van der Waals surface area contributed by atoms with Crippen molar-refractivity contribution in [1.29, 1.82) is 5.41 Å². The summed E-state index contributed by atoms with van der Waals surface area (Å²) >= 11 is 0. The molecule has 1 rings (SSSR count). The van der Waals surface area contributed by atoms with Crippen molar-refractivity contribution >= 4 is 11.6 Å². The van der Waals surface area contributed by atoms with Crippen molar-refractivity contribution in [1.82, 2.24) is 5.32 Å². The number of guanidine groups is 1. The molecule has 0 spiro atoms. The van der Waals surface area contributed by atoms with Gasteiger partial charge in [0.25, 0.3) is 0 Å². The van der Waals surface area contributed by atoms with Gasteiger partial charge in [0.15, 0.2) is 5.96 Å². The largest absolute Gasteiger partial charge is 0.326 e. The molecule has 1 aromatic carbocycles. The molecule has 0 heterocycles. The van der Waals surface area contributed by atoms with Gasteiger partial charge in [-0.3, -0.25) is 5.41 Å². The van der Waals surface area contributed by atoms with E-state index in [-0.39, 0.29) is 5.96 Å². The zero-order valence-electron chi connectivity index (χ0n) is 10.2. The van der Waals surface area contributed by atoms with Gasteiger partial charge in [0, 0.05) is 11.4 Å². The molecule has 0 saturated heterocycles. The Hall–Kier alpha value is -2.55.